The summed E-state index contributed by atoms with van der Waals surface area (Å²) in [5, 5.41) is 0. The van der Waals surface area contributed by atoms with Crippen molar-refractivity contribution in [2.75, 3.05) is 19.8 Å². The molecule has 53 valence electrons. The summed E-state index contributed by atoms with van der Waals surface area (Å²) in [7, 11) is 0. The smallest absolute Gasteiger partial charge is 0.0866 e. The molecule has 2 nitrogen and oxygen atoms in total. The van der Waals surface area contributed by atoms with E-state index < -0.39 is 0 Å². The van der Waals surface area contributed by atoms with Crippen LogP contribution in [0.5, 0.6) is 0 Å². The molecule has 2 heteroatoms. The average Bonchev–Trinajstić information content (AvgIpc) is 1.90. The molecule has 9 heavy (non-hydrogen) atoms. The van der Waals surface area contributed by atoms with E-state index in [4.69, 9.17) is 9.47 Å². The van der Waals surface area contributed by atoms with Crippen molar-refractivity contribution in [3.63, 3.8) is 0 Å². The fourth-order valence-electron chi connectivity index (χ4n) is 0.821. The Morgan fingerprint density at radius 3 is 2.44 bits per heavy atom. The molecule has 1 heterocycles. The van der Waals surface area contributed by atoms with E-state index >= 15 is 0 Å². The Labute approximate surface area is 56.2 Å². The molecule has 0 aromatic heterocycles. The summed E-state index contributed by atoms with van der Waals surface area (Å²) in [6, 6.07) is 0. The number of hydrogen-bond acceptors (Lipinski definition) is 2. The van der Waals surface area contributed by atoms with Gasteiger partial charge in [-0.15, -0.1) is 0 Å². The van der Waals surface area contributed by atoms with E-state index in [1.54, 1.807) is 0 Å². The Kier molecular flexibility index (Phi) is 2.49. The van der Waals surface area contributed by atoms with E-state index in [0.29, 0.717) is 0 Å². The third-order valence-corrected chi connectivity index (χ3v) is 1.46. The van der Waals surface area contributed by atoms with Gasteiger partial charge in [-0.2, -0.15) is 0 Å². The summed E-state index contributed by atoms with van der Waals surface area (Å²) >= 11 is 0. The third kappa shape index (κ3) is 1.95. The fraction of sp³-hybridized carbons (Fsp3) is 0.857. The van der Waals surface area contributed by atoms with E-state index in [0.717, 1.165) is 19.8 Å². The first-order valence-electron chi connectivity index (χ1n) is 3.30. The van der Waals surface area contributed by atoms with E-state index in [1.807, 2.05) is 0 Å². The minimum atomic E-state index is 0.249. The van der Waals surface area contributed by atoms with Crippen LogP contribution in [0, 0.1) is 5.92 Å². The number of rotatable bonds is 1. The molecule has 1 saturated heterocycles. The normalized spacial score (nSPS) is 29.0. The zero-order chi connectivity index (χ0) is 6.69. The first-order valence-corrected chi connectivity index (χ1v) is 3.30. The molecule has 1 unspecified atom stereocenters. The summed E-state index contributed by atoms with van der Waals surface area (Å²) in [5.41, 5.74) is 0. The molecule has 1 radical (unpaired) electrons. The highest BCUT2D eigenvalue weighted by Gasteiger charge is 2.17. The molecule has 0 aliphatic carbocycles. The molecule has 0 aromatic carbocycles. The molecule has 0 saturated carbocycles. The maximum atomic E-state index is 5.38. The molecule has 1 rings (SSSR count). The van der Waals surface area contributed by atoms with Crippen LogP contribution < -0.4 is 0 Å². The van der Waals surface area contributed by atoms with Gasteiger partial charge in [-0.05, 0) is 0 Å². The zero-order valence-corrected chi connectivity index (χ0v) is 6.02. The lowest BCUT2D eigenvalue weighted by Gasteiger charge is -2.25. The second-order valence-corrected chi connectivity index (χ2v) is 2.51. The molecule has 0 amide bonds. The zero-order valence-electron chi connectivity index (χ0n) is 6.02. The predicted molar refractivity (Wildman–Crippen MR) is 35.1 cm³/mol. The molecular weight excluding hydrogens is 116 g/mol. The summed E-state index contributed by atoms with van der Waals surface area (Å²) < 4.78 is 10.6. The van der Waals surface area contributed by atoms with Crippen LogP contribution in [0.2, 0.25) is 0 Å². The Bertz CT molecular complexity index is 75.0. The van der Waals surface area contributed by atoms with Gasteiger partial charge in [0.2, 0.25) is 0 Å². The second-order valence-electron chi connectivity index (χ2n) is 2.51. The first kappa shape index (κ1) is 7.03. The van der Waals surface area contributed by atoms with Crippen molar-refractivity contribution in [2.45, 2.75) is 20.0 Å². The van der Waals surface area contributed by atoms with E-state index in [9.17, 15) is 0 Å². The fourth-order valence-corrected chi connectivity index (χ4v) is 0.821. The molecule has 0 spiro atoms. The lowest BCUT2D eigenvalue weighted by atomic mass is 10.1. The van der Waals surface area contributed by atoms with Crippen LogP contribution >= 0.6 is 0 Å². The van der Waals surface area contributed by atoms with Crippen molar-refractivity contribution in [3.05, 3.63) is 5.92 Å². The van der Waals surface area contributed by atoms with Crippen molar-refractivity contribution in [3.8, 4) is 0 Å². The van der Waals surface area contributed by atoms with Crippen molar-refractivity contribution in [1.82, 2.24) is 0 Å². The molecule has 1 aliphatic rings. The average molecular weight is 129 g/mol. The van der Waals surface area contributed by atoms with Crippen LogP contribution in [0.3, 0.4) is 0 Å². The van der Waals surface area contributed by atoms with Crippen LogP contribution in [0.1, 0.15) is 13.8 Å². The molecular formula is C7H13O2. The number of hydrogen-bond donors (Lipinski definition) is 0. The van der Waals surface area contributed by atoms with E-state index in [2.05, 4.69) is 13.8 Å². The highest BCUT2D eigenvalue weighted by molar-refractivity contribution is 4.89. The van der Waals surface area contributed by atoms with Crippen LogP contribution in [0.25, 0.3) is 0 Å². The monoisotopic (exact) mass is 129 g/mol. The summed E-state index contributed by atoms with van der Waals surface area (Å²) in [4.78, 5) is 0. The lowest BCUT2D eigenvalue weighted by molar-refractivity contribution is -0.0804. The predicted octanol–water partition coefficient (Wildman–Crippen LogP) is 1.02. The minimum Gasteiger partial charge on any atom is -0.376 e. The van der Waals surface area contributed by atoms with Gasteiger partial charge in [-0.3, -0.25) is 0 Å². The maximum absolute atomic E-state index is 5.38. The third-order valence-electron chi connectivity index (χ3n) is 1.46. The maximum Gasteiger partial charge on any atom is 0.0866 e. The van der Waals surface area contributed by atoms with Crippen LogP contribution in [0.15, 0.2) is 0 Å². The summed E-state index contributed by atoms with van der Waals surface area (Å²) in [6.07, 6.45) is 0.249. The van der Waals surface area contributed by atoms with Gasteiger partial charge in [0, 0.05) is 5.92 Å². The molecule has 0 aromatic rings. The van der Waals surface area contributed by atoms with E-state index in [-0.39, 0.29) is 6.10 Å². The molecule has 1 atom stereocenters. The van der Waals surface area contributed by atoms with Gasteiger partial charge in [0.05, 0.1) is 25.9 Å². The Balaban J connectivity index is 2.23. The van der Waals surface area contributed by atoms with Gasteiger partial charge in [0.25, 0.3) is 0 Å². The van der Waals surface area contributed by atoms with Gasteiger partial charge in [0.15, 0.2) is 0 Å². The molecule has 0 bridgehead atoms. The van der Waals surface area contributed by atoms with Crippen LogP contribution in [-0.4, -0.2) is 25.9 Å². The number of ether oxygens (including phenoxy) is 2. The van der Waals surface area contributed by atoms with Gasteiger partial charge in [0.1, 0.15) is 0 Å². The standard InChI is InChI=1S/C7H13O2/c1-6(2)7-5-8-3-4-9-7/h7H,3-5H2,1-2H3. The summed E-state index contributed by atoms with van der Waals surface area (Å²) in [5.74, 6) is 1.30. The van der Waals surface area contributed by atoms with Crippen LogP contribution in [0.4, 0.5) is 0 Å². The van der Waals surface area contributed by atoms with Crippen molar-refractivity contribution in [2.24, 2.45) is 0 Å². The largest absolute Gasteiger partial charge is 0.376 e. The first-order chi connectivity index (χ1) is 4.30. The highest BCUT2D eigenvalue weighted by atomic mass is 16.6. The Morgan fingerprint density at radius 1 is 1.33 bits per heavy atom. The topological polar surface area (TPSA) is 18.5 Å². The SMILES string of the molecule is C[C](C)C1COCCO1. The Hall–Kier alpha value is -0.0800. The van der Waals surface area contributed by atoms with Gasteiger partial charge < -0.3 is 9.47 Å². The van der Waals surface area contributed by atoms with Crippen molar-refractivity contribution >= 4 is 0 Å². The van der Waals surface area contributed by atoms with Gasteiger partial charge in [-0.25, -0.2) is 0 Å². The molecule has 1 fully saturated rings. The van der Waals surface area contributed by atoms with Gasteiger partial charge >= 0.3 is 0 Å². The van der Waals surface area contributed by atoms with Crippen LogP contribution in [-0.2, 0) is 9.47 Å². The van der Waals surface area contributed by atoms with Crippen molar-refractivity contribution < 1.29 is 9.47 Å². The molecule has 0 N–H and O–H groups in total. The molecule has 1 aliphatic heterocycles. The minimum absolute atomic E-state index is 0.249. The van der Waals surface area contributed by atoms with E-state index in [1.165, 1.54) is 5.92 Å². The highest BCUT2D eigenvalue weighted by Crippen LogP contribution is 2.11. The van der Waals surface area contributed by atoms with Gasteiger partial charge in [-0.1, -0.05) is 13.8 Å². The summed E-state index contributed by atoms with van der Waals surface area (Å²) in [6.45, 7) is 6.38. The quantitative estimate of drug-likeness (QED) is 0.526. The lowest BCUT2D eigenvalue weighted by Crippen LogP contribution is -2.31. The second kappa shape index (κ2) is 3.18. The van der Waals surface area contributed by atoms with Crippen molar-refractivity contribution in [1.29, 1.82) is 0 Å². The Morgan fingerprint density at radius 2 is 2.11 bits per heavy atom.